The third-order valence-electron chi connectivity index (χ3n) is 1.15. The molecule has 0 amide bonds. The van der Waals surface area contributed by atoms with Crippen molar-refractivity contribution < 1.29 is 5.11 Å². The van der Waals surface area contributed by atoms with E-state index in [1.807, 2.05) is 0 Å². The van der Waals surface area contributed by atoms with E-state index in [2.05, 4.69) is 44.5 Å². The van der Waals surface area contributed by atoms with Gasteiger partial charge in [0, 0.05) is 13.7 Å². The molecule has 0 saturated heterocycles. The van der Waals surface area contributed by atoms with Crippen molar-refractivity contribution >= 4 is 0 Å². The fraction of sp³-hybridized carbons (Fsp3) is 0.600. The topological polar surface area (TPSA) is 58.3 Å². The molecule has 0 fully saturated rings. The molecule has 0 aliphatic carbocycles. The number of allylic oxidation sites excluding steroid dienone is 1. The van der Waals surface area contributed by atoms with Crippen molar-refractivity contribution in [1.29, 1.82) is 0 Å². The number of likely N-dealkylation sites (N-methyl/N-ethyl adjacent to an activating group) is 1. The Labute approximate surface area is 82.3 Å². The van der Waals surface area contributed by atoms with E-state index in [0.717, 1.165) is 20.2 Å². The summed E-state index contributed by atoms with van der Waals surface area (Å²) in [5, 5.41) is 10.2. The van der Waals surface area contributed by atoms with Gasteiger partial charge in [-0.15, -0.1) is 0 Å². The molecule has 0 radical (unpaired) electrons. The molecule has 3 heteroatoms. The summed E-state index contributed by atoms with van der Waals surface area (Å²) < 4.78 is 0. The molecule has 0 aromatic carbocycles. The van der Waals surface area contributed by atoms with Crippen LogP contribution in [-0.2, 0) is 0 Å². The Morgan fingerprint density at radius 3 is 2.15 bits per heavy atom. The highest BCUT2D eigenvalue weighted by molar-refractivity contribution is 4.97. The minimum atomic E-state index is 1.00. The van der Waals surface area contributed by atoms with E-state index in [1.165, 1.54) is 11.8 Å². The van der Waals surface area contributed by atoms with E-state index < -0.39 is 0 Å². The number of rotatable bonds is 3. The second kappa shape index (κ2) is 22.5. The van der Waals surface area contributed by atoms with Crippen molar-refractivity contribution in [3.8, 4) is 0 Å². The zero-order valence-corrected chi connectivity index (χ0v) is 9.30. The summed E-state index contributed by atoms with van der Waals surface area (Å²) in [4.78, 5) is 0. The Bertz CT molecular complexity index is 111. The molecule has 3 nitrogen and oxygen atoms in total. The first kappa shape index (κ1) is 18.1. The lowest BCUT2D eigenvalue weighted by Crippen LogP contribution is -2.14. The fourth-order valence-electron chi connectivity index (χ4n) is 0.424. The third kappa shape index (κ3) is 35.1. The smallest absolute Gasteiger partial charge is 0.0319 e. The van der Waals surface area contributed by atoms with Gasteiger partial charge in [-0.1, -0.05) is 25.2 Å². The molecule has 0 heterocycles. The molecule has 0 aromatic heterocycles. The van der Waals surface area contributed by atoms with Gasteiger partial charge in [0.05, 0.1) is 0 Å². The van der Waals surface area contributed by atoms with Gasteiger partial charge in [-0.2, -0.15) is 0 Å². The predicted molar refractivity (Wildman–Crippen MR) is 60.5 cm³/mol. The van der Waals surface area contributed by atoms with Gasteiger partial charge >= 0.3 is 0 Å². The Morgan fingerprint density at radius 2 is 1.92 bits per heavy atom. The van der Waals surface area contributed by atoms with E-state index in [-0.39, 0.29) is 0 Å². The monoisotopic (exact) mass is 188 g/mol. The van der Waals surface area contributed by atoms with Gasteiger partial charge in [-0.3, -0.25) is 0 Å². The second-order valence-electron chi connectivity index (χ2n) is 2.15. The number of aliphatic hydroxyl groups is 1. The maximum absolute atomic E-state index is 7.00. The molecule has 80 valence electrons. The summed E-state index contributed by atoms with van der Waals surface area (Å²) in [7, 11) is 1.00. The summed E-state index contributed by atoms with van der Waals surface area (Å²) in [6, 6.07) is 0. The highest BCUT2D eigenvalue weighted by Crippen LogP contribution is 1.85. The highest BCUT2D eigenvalue weighted by atomic mass is 16.2. The lowest BCUT2D eigenvalue weighted by atomic mass is 10.3. The number of aliphatic hydroxyl groups excluding tert-OH is 1. The first-order valence-electron chi connectivity index (χ1n) is 4.32. The predicted octanol–water partition coefficient (Wildman–Crippen LogP) is 1.26. The van der Waals surface area contributed by atoms with Gasteiger partial charge in [0.2, 0.25) is 0 Å². The lowest BCUT2D eigenvalue weighted by Gasteiger charge is -1.98. The number of hydrogen-bond donors (Lipinski definition) is 3. The zero-order chi connectivity index (χ0) is 11.1. The summed E-state index contributed by atoms with van der Waals surface area (Å²) in [5.41, 5.74) is 6.02. The molecule has 0 atom stereocenters. The van der Waals surface area contributed by atoms with Crippen LogP contribution in [0.5, 0.6) is 0 Å². The molecule has 0 rings (SSSR count). The molecule has 0 unspecified atom stereocenters. The minimum Gasteiger partial charge on any atom is -0.405 e. The number of nitrogens with two attached hydrogens (primary N) is 1. The fourth-order valence-corrected chi connectivity index (χ4v) is 0.424. The van der Waals surface area contributed by atoms with Crippen LogP contribution in [0.4, 0.5) is 0 Å². The average molecular weight is 188 g/mol. The first-order valence-corrected chi connectivity index (χ1v) is 4.32. The van der Waals surface area contributed by atoms with Crippen molar-refractivity contribution in [2.75, 3.05) is 20.2 Å². The van der Waals surface area contributed by atoms with Gasteiger partial charge in [0.1, 0.15) is 0 Å². The van der Waals surface area contributed by atoms with Crippen molar-refractivity contribution in [2.45, 2.75) is 20.8 Å². The standard InChI is InChI=1S/C7H15N.C2H5N.CH4O/c1-4-7(3)6-8-5-2;1-2-3;1-2/h4,8H,5-6H2,1-3H3;2H,1,3H2;2H,1H3/b7-4+;;. The Balaban J connectivity index is -0.000000169. The Morgan fingerprint density at radius 1 is 1.54 bits per heavy atom. The van der Waals surface area contributed by atoms with Crippen molar-refractivity contribution in [2.24, 2.45) is 5.73 Å². The average Bonchev–Trinajstić information content (AvgIpc) is 2.18. The van der Waals surface area contributed by atoms with E-state index in [4.69, 9.17) is 5.11 Å². The molecule has 0 aromatic rings. The van der Waals surface area contributed by atoms with Crippen LogP contribution < -0.4 is 11.1 Å². The zero-order valence-electron chi connectivity index (χ0n) is 9.30. The summed E-state index contributed by atoms with van der Waals surface area (Å²) in [6.45, 7) is 11.5. The third-order valence-corrected chi connectivity index (χ3v) is 1.15. The van der Waals surface area contributed by atoms with Gasteiger partial charge in [-0.25, -0.2) is 0 Å². The maximum Gasteiger partial charge on any atom is 0.0319 e. The highest BCUT2D eigenvalue weighted by Gasteiger charge is 1.81. The minimum absolute atomic E-state index is 1.00. The van der Waals surface area contributed by atoms with Crippen LogP contribution in [0.15, 0.2) is 24.4 Å². The quantitative estimate of drug-likeness (QED) is 0.584. The summed E-state index contributed by atoms with van der Waals surface area (Å²) in [5.74, 6) is 0. The maximum atomic E-state index is 7.00. The molecule has 0 aliphatic rings. The van der Waals surface area contributed by atoms with E-state index >= 15 is 0 Å². The Hall–Kier alpha value is -0.800. The molecule has 0 saturated carbocycles. The summed E-state index contributed by atoms with van der Waals surface area (Å²) >= 11 is 0. The van der Waals surface area contributed by atoms with E-state index in [0.29, 0.717) is 0 Å². The van der Waals surface area contributed by atoms with Crippen LogP contribution in [0.1, 0.15) is 20.8 Å². The Kier molecular flexibility index (Phi) is 31.3. The molecular formula is C10H24N2O. The largest absolute Gasteiger partial charge is 0.405 e. The molecule has 0 spiro atoms. The van der Waals surface area contributed by atoms with Crippen molar-refractivity contribution in [3.05, 3.63) is 24.4 Å². The van der Waals surface area contributed by atoms with E-state index in [1.54, 1.807) is 0 Å². The van der Waals surface area contributed by atoms with Gasteiger partial charge in [0.15, 0.2) is 0 Å². The normalized spacial score (nSPS) is 8.85. The van der Waals surface area contributed by atoms with Crippen LogP contribution in [-0.4, -0.2) is 25.3 Å². The SMILES string of the molecule is C/C=C(\C)CNCC.C=CN.CO. The van der Waals surface area contributed by atoms with Crippen LogP contribution >= 0.6 is 0 Å². The molecule has 13 heavy (non-hydrogen) atoms. The van der Waals surface area contributed by atoms with Crippen LogP contribution in [0.2, 0.25) is 0 Å². The van der Waals surface area contributed by atoms with Crippen molar-refractivity contribution in [3.63, 3.8) is 0 Å². The second-order valence-corrected chi connectivity index (χ2v) is 2.15. The van der Waals surface area contributed by atoms with Gasteiger partial charge in [0.25, 0.3) is 0 Å². The number of nitrogens with one attached hydrogen (secondary N) is 1. The van der Waals surface area contributed by atoms with Crippen molar-refractivity contribution in [1.82, 2.24) is 5.32 Å². The van der Waals surface area contributed by atoms with E-state index in [9.17, 15) is 0 Å². The van der Waals surface area contributed by atoms with Crippen LogP contribution in [0.3, 0.4) is 0 Å². The van der Waals surface area contributed by atoms with Crippen LogP contribution in [0, 0.1) is 0 Å². The lowest BCUT2D eigenvalue weighted by molar-refractivity contribution is 0.399. The first-order chi connectivity index (χ1) is 6.22. The molecule has 4 N–H and O–H groups in total. The van der Waals surface area contributed by atoms with Gasteiger partial charge in [-0.05, 0) is 26.6 Å². The summed E-state index contributed by atoms with van der Waals surface area (Å²) in [6.07, 6.45) is 3.38. The molecular weight excluding hydrogens is 164 g/mol. The molecule has 0 bridgehead atoms. The molecule has 0 aliphatic heterocycles. The van der Waals surface area contributed by atoms with Crippen LogP contribution in [0.25, 0.3) is 0 Å². The number of hydrogen-bond acceptors (Lipinski definition) is 3. The van der Waals surface area contributed by atoms with Gasteiger partial charge < -0.3 is 16.2 Å².